The number of halogens is 1. The van der Waals surface area contributed by atoms with Gasteiger partial charge in [-0.3, -0.25) is 4.40 Å². The van der Waals surface area contributed by atoms with Gasteiger partial charge in [0.1, 0.15) is 16.3 Å². The summed E-state index contributed by atoms with van der Waals surface area (Å²) in [5.74, 6) is 0. The molecule has 1 aromatic carbocycles. The molecule has 0 aliphatic rings. The monoisotopic (exact) mass is 301 g/mol. The summed E-state index contributed by atoms with van der Waals surface area (Å²) in [6.45, 7) is 0. The van der Waals surface area contributed by atoms with Gasteiger partial charge in [0.2, 0.25) is 0 Å². The van der Waals surface area contributed by atoms with Crippen LogP contribution in [0, 0.1) is 0 Å². The topological polar surface area (TPSA) is 43.3 Å². The Bertz CT molecular complexity index is 780. The minimum absolute atomic E-state index is 0.325. The molecule has 2 N–H and O–H groups in total. The molecule has 3 aromatic rings. The van der Waals surface area contributed by atoms with Crippen LogP contribution in [0.15, 0.2) is 48.7 Å². The Morgan fingerprint density at radius 2 is 1.95 bits per heavy atom. The van der Waals surface area contributed by atoms with Gasteiger partial charge in [-0.2, -0.15) is 0 Å². The normalized spacial score (nSPS) is 10.8. The Kier molecular flexibility index (Phi) is 3.42. The van der Waals surface area contributed by atoms with Crippen molar-refractivity contribution in [3.05, 3.63) is 70.6 Å². The Hall–Kier alpha value is -1.91. The molecule has 3 nitrogen and oxygen atoms in total. The van der Waals surface area contributed by atoms with Gasteiger partial charge in [-0.05, 0) is 17.7 Å². The van der Waals surface area contributed by atoms with Crippen LogP contribution in [0.1, 0.15) is 17.0 Å². The van der Waals surface area contributed by atoms with Crippen molar-refractivity contribution in [2.45, 2.75) is 6.42 Å². The summed E-state index contributed by atoms with van der Waals surface area (Å²) in [6, 6.07) is 13.8. The molecule has 0 atom stereocenters. The number of aromatic nitrogens is 2. The van der Waals surface area contributed by atoms with Crippen molar-refractivity contribution in [1.82, 2.24) is 9.38 Å². The van der Waals surface area contributed by atoms with E-state index in [-0.39, 0.29) is 0 Å². The summed E-state index contributed by atoms with van der Waals surface area (Å²) < 4.78 is 1.85. The lowest BCUT2D eigenvalue weighted by atomic mass is 10.1. The van der Waals surface area contributed by atoms with Gasteiger partial charge >= 0.3 is 0 Å². The maximum absolute atomic E-state index is 6.03. The number of thiocarbonyl (C=S) groups is 1. The maximum Gasteiger partial charge on any atom is 0.137 e. The zero-order valence-corrected chi connectivity index (χ0v) is 12.2. The van der Waals surface area contributed by atoms with Crippen LogP contribution in [0.4, 0.5) is 0 Å². The molecule has 0 spiro atoms. The van der Waals surface area contributed by atoms with Crippen LogP contribution >= 0.6 is 23.8 Å². The first-order valence-corrected chi connectivity index (χ1v) is 6.94. The first-order valence-electron chi connectivity index (χ1n) is 6.15. The van der Waals surface area contributed by atoms with E-state index < -0.39 is 0 Å². The molecule has 0 saturated heterocycles. The Morgan fingerprint density at radius 3 is 2.65 bits per heavy atom. The molecule has 0 amide bonds. The zero-order valence-electron chi connectivity index (χ0n) is 10.6. The first kappa shape index (κ1) is 13.1. The largest absolute Gasteiger partial charge is 0.388 e. The molecule has 100 valence electrons. The van der Waals surface area contributed by atoms with Crippen LogP contribution in [0.2, 0.25) is 5.02 Å². The van der Waals surface area contributed by atoms with Crippen molar-refractivity contribution in [2.24, 2.45) is 5.73 Å². The summed E-state index contributed by atoms with van der Waals surface area (Å²) in [5.41, 5.74) is 9.44. The van der Waals surface area contributed by atoms with Crippen molar-refractivity contribution in [2.75, 3.05) is 0 Å². The third-order valence-electron chi connectivity index (χ3n) is 3.10. The highest BCUT2D eigenvalue weighted by molar-refractivity contribution is 7.80. The molecule has 2 heterocycles. The van der Waals surface area contributed by atoms with Crippen LogP contribution in [-0.4, -0.2) is 14.4 Å². The van der Waals surface area contributed by atoms with Gasteiger partial charge in [0.25, 0.3) is 0 Å². The molecule has 0 radical (unpaired) electrons. The summed E-state index contributed by atoms with van der Waals surface area (Å²) >= 11 is 11.2. The Balaban J connectivity index is 2.15. The number of nitrogens with zero attached hydrogens (tertiary/aromatic N) is 2. The average Bonchev–Trinajstić information content (AvgIpc) is 2.77. The Labute approximate surface area is 127 Å². The fraction of sp³-hybridized carbons (Fsp3) is 0.0667. The minimum atomic E-state index is 0.325. The van der Waals surface area contributed by atoms with Crippen molar-refractivity contribution >= 4 is 34.5 Å². The molecule has 0 bridgehead atoms. The number of imidazole rings is 1. The van der Waals surface area contributed by atoms with Crippen molar-refractivity contribution in [3.63, 3.8) is 0 Å². The highest BCUT2D eigenvalue weighted by Gasteiger charge is 2.15. The van der Waals surface area contributed by atoms with Gasteiger partial charge in [-0.25, -0.2) is 4.98 Å². The number of pyridine rings is 1. The molecule has 0 saturated carbocycles. The molecule has 2 aromatic heterocycles. The van der Waals surface area contributed by atoms with E-state index >= 15 is 0 Å². The maximum atomic E-state index is 6.03. The van der Waals surface area contributed by atoms with E-state index in [0.717, 1.165) is 17.0 Å². The second-order valence-corrected chi connectivity index (χ2v) is 5.39. The zero-order chi connectivity index (χ0) is 14.1. The van der Waals surface area contributed by atoms with Gasteiger partial charge in [-0.15, -0.1) is 0 Å². The number of hydrogen-bond acceptors (Lipinski definition) is 2. The number of fused-ring (bicyclic) bond motifs is 1. The molecule has 20 heavy (non-hydrogen) atoms. The van der Waals surface area contributed by atoms with Crippen LogP contribution in [0.25, 0.3) is 5.65 Å². The predicted octanol–water partition coefficient (Wildman–Crippen LogP) is 3.21. The van der Waals surface area contributed by atoms with Crippen molar-refractivity contribution < 1.29 is 0 Å². The SMILES string of the molecule is NC(=S)c1c(Cc2ccccc2)nc2ccc(Cl)cn12. The number of nitrogens with two attached hydrogens (primary N) is 1. The van der Waals surface area contributed by atoms with Gasteiger partial charge in [0, 0.05) is 12.6 Å². The van der Waals surface area contributed by atoms with Crippen molar-refractivity contribution in [3.8, 4) is 0 Å². The fourth-order valence-corrected chi connectivity index (χ4v) is 2.62. The second kappa shape index (κ2) is 5.23. The highest BCUT2D eigenvalue weighted by Crippen LogP contribution is 2.19. The van der Waals surface area contributed by atoms with E-state index in [1.165, 1.54) is 5.56 Å². The van der Waals surface area contributed by atoms with Gasteiger partial charge in [0.05, 0.1) is 10.7 Å². The third kappa shape index (κ3) is 2.40. The summed E-state index contributed by atoms with van der Waals surface area (Å²) in [6.07, 6.45) is 2.47. The summed E-state index contributed by atoms with van der Waals surface area (Å²) in [7, 11) is 0. The first-order chi connectivity index (χ1) is 9.65. The highest BCUT2D eigenvalue weighted by atomic mass is 35.5. The lowest BCUT2D eigenvalue weighted by Gasteiger charge is -2.03. The molecule has 3 rings (SSSR count). The number of hydrogen-bond donors (Lipinski definition) is 1. The van der Waals surface area contributed by atoms with Gasteiger partial charge in [-0.1, -0.05) is 54.2 Å². The molecule has 0 aliphatic carbocycles. The predicted molar refractivity (Wildman–Crippen MR) is 85.3 cm³/mol. The van der Waals surface area contributed by atoms with E-state index in [9.17, 15) is 0 Å². The molecule has 0 unspecified atom stereocenters. The average molecular weight is 302 g/mol. The van der Waals surface area contributed by atoms with Crippen LogP contribution in [-0.2, 0) is 6.42 Å². The van der Waals surface area contributed by atoms with E-state index in [1.54, 1.807) is 12.3 Å². The van der Waals surface area contributed by atoms with Crippen LogP contribution in [0.3, 0.4) is 0 Å². The van der Waals surface area contributed by atoms with Crippen LogP contribution < -0.4 is 5.73 Å². The van der Waals surface area contributed by atoms with Crippen molar-refractivity contribution in [1.29, 1.82) is 0 Å². The molecule has 5 heteroatoms. The van der Waals surface area contributed by atoms with E-state index in [0.29, 0.717) is 16.4 Å². The molecule has 0 aliphatic heterocycles. The lowest BCUT2D eigenvalue weighted by molar-refractivity contribution is 1.10. The standard InChI is InChI=1S/C15H12ClN3S/c16-11-6-7-13-18-12(8-10-4-2-1-3-5-10)14(15(17)20)19(13)9-11/h1-7,9H,8H2,(H2,17,20). The Morgan fingerprint density at radius 1 is 1.20 bits per heavy atom. The summed E-state index contributed by atoms with van der Waals surface area (Å²) in [4.78, 5) is 4.93. The fourth-order valence-electron chi connectivity index (χ4n) is 2.24. The molecular formula is C15H12ClN3S. The van der Waals surface area contributed by atoms with E-state index in [2.05, 4.69) is 17.1 Å². The van der Waals surface area contributed by atoms with E-state index in [1.807, 2.05) is 28.7 Å². The minimum Gasteiger partial charge on any atom is -0.388 e. The number of rotatable bonds is 3. The molecule has 0 fully saturated rings. The quantitative estimate of drug-likeness (QED) is 0.755. The summed E-state index contributed by atoms with van der Waals surface area (Å²) in [5, 5.41) is 0.624. The van der Waals surface area contributed by atoms with Crippen LogP contribution in [0.5, 0.6) is 0 Å². The third-order valence-corrected chi connectivity index (χ3v) is 3.52. The molecular weight excluding hydrogens is 290 g/mol. The van der Waals surface area contributed by atoms with E-state index in [4.69, 9.17) is 29.6 Å². The van der Waals surface area contributed by atoms with Gasteiger partial charge < -0.3 is 5.73 Å². The number of benzene rings is 1. The second-order valence-electron chi connectivity index (χ2n) is 4.51. The lowest BCUT2D eigenvalue weighted by Crippen LogP contribution is -2.15. The smallest absolute Gasteiger partial charge is 0.137 e. The van der Waals surface area contributed by atoms with Gasteiger partial charge in [0.15, 0.2) is 0 Å².